The molecule has 0 saturated heterocycles. The highest BCUT2D eigenvalue weighted by molar-refractivity contribution is 7.89. The minimum absolute atomic E-state index is 0.0375. The molecule has 0 bridgehead atoms. The highest BCUT2D eigenvalue weighted by atomic mass is 32.2. The Morgan fingerprint density at radius 2 is 1.95 bits per heavy atom. The molecule has 0 aliphatic rings. The first kappa shape index (κ1) is 15.2. The lowest BCUT2D eigenvalue weighted by molar-refractivity contribution is 0.0939. The smallest absolute Gasteiger partial charge is 0.255 e. The monoisotopic (exact) mass is 308 g/mol. The second-order valence-corrected chi connectivity index (χ2v) is 6.28. The second-order valence-electron chi connectivity index (χ2n) is 4.72. The van der Waals surface area contributed by atoms with Gasteiger partial charge in [0.2, 0.25) is 10.0 Å². The predicted molar refractivity (Wildman–Crippen MR) is 77.0 cm³/mol. The molecule has 0 radical (unpaired) electrons. The maximum absolute atomic E-state index is 12.0. The molecule has 2 rings (SSSR count). The number of hydrogen-bond acceptors (Lipinski definition) is 4. The number of nitrogens with zero attached hydrogens (tertiary/aromatic N) is 1. The molecule has 21 heavy (non-hydrogen) atoms. The number of hydrogen-bond donors (Lipinski definition) is 3. The molecule has 112 valence electrons. The van der Waals surface area contributed by atoms with Crippen molar-refractivity contribution in [2.24, 2.45) is 5.14 Å². The number of aromatic amines is 1. The number of sulfonamides is 1. The molecular formula is C13H16N4O3S. The third-order valence-corrected chi connectivity index (χ3v) is 4.06. The van der Waals surface area contributed by atoms with E-state index in [1.54, 1.807) is 26.0 Å². The van der Waals surface area contributed by atoms with Gasteiger partial charge in [0.1, 0.15) is 0 Å². The van der Waals surface area contributed by atoms with E-state index in [0.29, 0.717) is 11.3 Å². The average Bonchev–Trinajstić information content (AvgIpc) is 2.84. The number of rotatable bonds is 4. The minimum atomic E-state index is -3.71. The highest BCUT2D eigenvalue weighted by Crippen LogP contribution is 2.16. The van der Waals surface area contributed by atoms with E-state index in [0.717, 1.165) is 5.56 Å². The zero-order valence-electron chi connectivity index (χ0n) is 11.6. The van der Waals surface area contributed by atoms with Crippen LogP contribution in [0.2, 0.25) is 0 Å². The highest BCUT2D eigenvalue weighted by Gasteiger charge is 2.15. The summed E-state index contributed by atoms with van der Waals surface area (Å²) in [7, 11) is -3.71. The molecule has 1 atom stereocenters. The number of carbonyl (C=O) groups excluding carboxylic acids is 1. The fourth-order valence-corrected chi connectivity index (χ4v) is 2.40. The zero-order valence-corrected chi connectivity index (χ0v) is 12.4. The van der Waals surface area contributed by atoms with Crippen LogP contribution < -0.4 is 10.5 Å². The molecule has 7 nitrogen and oxygen atoms in total. The fourth-order valence-electron chi connectivity index (χ4n) is 1.88. The van der Waals surface area contributed by atoms with Gasteiger partial charge in [-0.1, -0.05) is 12.1 Å². The van der Waals surface area contributed by atoms with Gasteiger partial charge in [-0.05, 0) is 31.5 Å². The third kappa shape index (κ3) is 3.47. The number of aromatic nitrogens is 2. The SMILES string of the molecule is Cc1[nH]ncc1C(=O)NC(C)c1ccc(S(N)(=O)=O)cc1. The first-order chi connectivity index (χ1) is 9.79. The molecule has 0 aliphatic heterocycles. The molecular weight excluding hydrogens is 292 g/mol. The summed E-state index contributed by atoms with van der Waals surface area (Å²) in [5, 5.41) is 14.3. The minimum Gasteiger partial charge on any atom is -0.345 e. The Balaban J connectivity index is 2.12. The van der Waals surface area contributed by atoms with Crippen LogP contribution in [0.25, 0.3) is 0 Å². The van der Waals surface area contributed by atoms with Gasteiger partial charge < -0.3 is 5.32 Å². The number of benzene rings is 1. The van der Waals surface area contributed by atoms with E-state index in [-0.39, 0.29) is 16.8 Å². The Bertz CT molecular complexity index is 750. The molecule has 0 saturated carbocycles. The quantitative estimate of drug-likeness (QED) is 0.776. The molecule has 0 fully saturated rings. The first-order valence-electron chi connectivity index (χ1n) is 6.22. The summed E-state index contributed by atoms with van der Waals surface area (Å²) in [6, 6.07) is 5.79. The van der Waals surface area contributed by atoms with E-state index < -0.39 is 10.0 Å². The number of H-pyrrole nitrogens is 1. The topological polar surface area (TPSA) is 118 Å². The summed E-state index contributed by atoms with van der Waals surface area (Å²) in [5.41, 5.74) is 1.93. The van der Waals surface area contributed by atoms with Crippen molar-refractivity contribution in [3.8, 4) is 0 Å². The molecule has 8 heteroatoms. The molecule has 1 unspecified atom stereocenters. The zero-order chi connectivity index (χ0) is 15.6. The van der Waals surface area contributed by atoms with Crippen LogP contribution in [-0.2, 0) is 10.0 Å². The van der Waals surface area contributed by atoms with Gasteiger partial charge in [0.15, 0.2) is 0 Å². The van der Waals surface area contributed by atoms with Crippen LogP contribution in [0.5, 0.6) is 0 Å². The maximum Gasteiger partial charge on any atom is 0.255 e. The Hall–Kier alpha value is -2.19. The van der Waals surface area contributed by atoms with Crippen molar-refractivity contribution in [3.05, 3.63) is 47.3 Å². The van der Waals surface area contributed by atoms with Crippen molar-refractivity contribution in [1.29, 1.82) is 0 Å². The standard InChI is InChI=1S/C13H16N4O3S/c1-8(16-13(18)12-7-15-17-9(12)2)10-3-5-11(6-4-10)21(14,19)20/h3-8H,1-2H3,(H,15,17)(H,16,18)(H2,14,19,20). The average molecular weight is 308 g/mol. The molecule has 1 aromatic carbocycles. The molecule has 4 N–H and O–H groups in total. The number of primary sulfonamides is 1. The van der Waals surface area contributed by atoms with Gasteiger partial charge in [-0.15, -0.1) is 0 Å². The van der Waals surface area contributed by atoms with E-state index >= 15 is 0 Å². The number of nitrogens with one attached hydrogen (secondary N) is 2. The van der Waals surface area contributed by atoms with Gasteiger partial charge in [0.05, 0.1) is 22.7 Å². The molecule has 1 aromatic heterocycles. The van der Waals surface area contributed by atoms with Crippen LogP contribution in [0.1, 0.15) is 34.6 Å². The van der Waals surface area contributed by atoms with Crippen LogP contribution in [0, 0.1) is 6.92 Å². The summed E-state index contributed by atoms with van der Waals surface area (Å²) in [6.07, 6.45) is 1.46. The van der Waals surface area contributed by atoms with Crippen molar-refractivity contribution in [2.45, 2.75) is 24.8 Å². The van der Waals surface area contributed by atoms with Crippen molar-refractivity contribution in [1.82, 2.24) is 15.5 Å². The Labute approximate surface area is 122 Å². The number of carbonyl (C=O) groups is 1. The van der Waals surface area contributed by atoms with Gasteiger partial charge >= 0.3 is 0 Å². The molecule has 1 amide bonds. The number of aryl methyl sites for hydroxylation is 1. The normalized spacial score (nSPS) is 12.9. The molecule has 1 heterocycles. The van der Waals surface area contributed by atoms with Crippen LogP contribution in [0.3, 0.4) is 0 Å². The number of nitrogens with two attached hydrogens (primary N) is 1. The summed E-state index contributed by atoms with van der Waals surface area (Å²) >= 11 is 0. The Morgan fingerprint density at radius 3 is 2.43 bits per heavy atom. The van der Waals surface area contributed by atoms with Crippen LogP contribution >= 0.6 is 0 Å². The summed E-state index contributed by atoms with van der Waals surface area (Å²) in [6.45, 7) is 3.56. The lowest BCUT2D eigenvalue weighted by atomic mass is 10.1. The van der Waals surface area contributed by atoms with E-state index in [1.807, 2.05) is 0 Å². The summed E-state index contributed by atoms with van der Waals surface area (Å²) in [4.78, 5) is 12.1. The van der Waals surface area contributed by atoms with E-state index in [2.05, 4.69) is 15.5 Å². The fraction of sp³-hybridized carbons (Fsp3) is 0.231. The third-order valence-electron chi connectivity index (χ3n) is 3.13. The second kappa shape index (κ2) is 5.66. The van der Waals surface area contributed by atoms with Crippen LogP contribution in [0.4, 0.5) is 0 Å². The lowest BCUT2D eigenvalue weighted by Crippen LogP contribution is -2.27. The van der Waals surface area contributed by atoms with E-state index in [9.17, 15) is 13.2 Å². The van der Waals surface area contributed by atoms with Crippen molar-refractivity contribution >= 4 is 15.9 Å². The maximum atomic E-state index is 12.0. The molecule has 0 spiro atoms. The van der Waals surface area contributed by atoms with Crippen molar-refractivity contribution in [3.63, 3.8) is 0 Å². The van der Waals surface area contributed by atoms with E-state index in [4.69, 9.17) is 5.14 Å². The van der Waals surface area contributed by atoms with Gasteiger partial charge in [0.25, 0.3) is 5.91 Å². The van der Waals surface area contributed by atoms with Gasteiger partial charge in [0, 0.05) is 5.69 Å². The summed E-state index contributed by atoms with van der Waals surface area (Å²) < 4.78 is 22.4. The largest absolute Gasteiger partial charge is 0.345 e. The van der Waals surface area contributed by atoms with E-state index in [1.165, 1.54) is 18.3 Å². The van der Waals surface area contributed by atoms with Crippen LogP contribution in [-0.4, -0.2) is 24.5 Å². The Morgan fingerprint density at radius 1 is 1.33 bits per heavy atom. The predicted octanol–water partition coefficient (Wildman–Crippen LogP) is 0.857. The van der Waals surface area contributed by atoms with Gasteiger partial charge in [-0.3, -0.25) is 9.89 Å². The first-order valence-corrected chi connectivity index (χ1v) is 7.77. The lowest BCUT2D eigenvalue weighted by Gasteiger charge is -2.14. The van der Waals surface area contributed by atoms with Crippen molar-refractivity contribution in [2.75, 3.05) is 0 Å². The van der Waals surface area contributed by atoms with Crippen LogP contribution in [0.15, 0.2) is 35.4 Å². The van der Waals surface area contributed by atoms with Gasteiger partial charge in [-0.25, -0.2) is 13.6 Å². The molecule has 0 aliphatic carbocycles. The van der Waals surface area contributed by atoms with Gasteiger partial charge in [-0.2, -0.15) is 5.10 Å². The van der Waals surface area contributed by atoms with Crippen molar-refractivity contribution < 1.29 is 13.2 Å². The Kier molecular flexibility index (Phi) is 4.10. The summed E-state index contributed by atoms with van der Waals surface area (Å²) in [5.74, 6) is -0.246. The number of amides is 1. The molecule has 2 aromatic rings.